The summed E-state index contributed by atoms with van der Waals surface area (Å²) >= 11 is 0. The molecular weight excluding hydrogens is 222 g/mol. The van der Waals surface area contributed by atoms with Crippen LogP contribution in [-0.4, -0.2) is 18.7 Å². The van der Waals surface area contributed by atoms with Crippen LogP contribution in [-0.2, 0) is 0 Å². The lowest BCUT2D eigenvalue weighted by Crippen LogP contribution is -2.30. The Kier molecular flexibility index (Phi) is 4.28. The maximum Gasteiger partial charge on any atom is 0.123 e. The Hall–Kier alpha value is -1.02. The molecule has 0 spiro atoms. The van der Waals surface area contributed by atoms with Crippen LogP contribution in [0.1, 0.15) is 50.7 Å². The standard InChI is InChI=1S/C16H25NO/c1-11(2)15-8-5-12(3)9-16(15)18-13(4)10-17-14-6-7-14/h5,8-9,11,13-14,17H,6-7,10H2,1-4H3. The average molecular weight is 247 g/mol. The largest absolute Gasteiger partial charge is 0.489 e. The van der Waals surface area contributed by atoms with Gasteiger partial charge in [0.2, 0.25) is 0 Å². The number of hydrogen-bond donors (Lipinski definition) is 1. The second kappa shape index (κ2) is 5.75. The summed E-state index contributed by atoms with van der Waals surface area (Å²) < 4.78 is 6.10. The number of ether oxygens (including phenoxy) is 1. The van der Waals surface area contributed by atoms with Crippen LogP contribution in [0.25, 0.3) is 0 Å². The quantitative estimate of drug-likeness (QED) is 0.828. The lowest BCUT2D eigenvalue weighted by Gasteiger charge is -2.20. The van der Waals surface area contributed by atoms with Gasteiger partial charge >= 0.3 is 0 Å². The van der Waals surface area contributed by atoms with Crippen LogP contribution >= 0.6 is 0 Å². The highest BCUT2D eigenvalue weighted by atomic mass is 16.5. The van der Waals surface area contributed by atoms with Gasteiger partial charge in [0.25, 0.3) is 0 Å². The van der Waals surface area contributed by atoms with E-state index in [1.807, 2.05) is 0 Å². The maximum absolute atomic E-state index is 6.10. The van der Waals surface area contributed by atoms with Crippen LogP contribution in [0.4, 0.5) is 0 Å². The highest BCUT2D eigenvalue weighted by molar-refractivity contribution is 5.39. The lowest BCUT2D eigenvalue weighted by atomic mass is 10.0. The lowest BCUT2D eigenvalue weighted by molar-refractivity contribution is 0.214. The third-order valence-corrected chi connectivity index (χ3v) is 3.39. The van der Waals surface area contributed by atoms with Crippen molar-refractivity contribution < 1.29 is 4.74 Å². The van der Waals surface area contributed by atoms with Crippen LogP contribution in [0, 0.1) is 6.92 Å². The van der Waals surface area contributed by atoms with Crippen LogP contribution in [0.5, 0.6) is 5.75 Å². The summed E-state index contributed by atoms with van der Waals surface area (Å²) in [5.41, 5.74) is 2.57. The third kappa shape index (κ3) is 3.74. The van der Waals surface area contributed by atoms with Crippen molar-refractivity contribution in [3.8, 4) is 5.75 Å². The van der Waals surface area contributed by atoms with Crippen molar-refractivity contribution in [3.63, 3.8) is 0 Å². The molecule has 2 nitrogen and oxygen atoms in total. The first-order valence-electron chi connectivity index (χ1n) is 7.07. The monoisotopic (exact) mass is 247 g/mol. The van der Waals surface area contributed by atoms with Gasteiger partial charge in [-0.05, 0) is 49.8 Å². The van der Waals surface area contributed by atoms with Crippen LogP contribution in [0.3, 0.4) is 0 Å². The Morgan fingerprint density at radius 2 is 2.00 bits per heavy atom. The number of nitrogens with one attached hydrogen (secondary N) is 1. The van der Waals surface area contributed by atoms with Gasteiger partial charge in [-0.3, -0.25) is 0 Å². The van der Waals surface area contributed by atoms with E-state index in [0.717, 1.165) is 18.3 Å². The van der Waals surface area contributed by atoms with Crippen molar-refractivity contribution in [1.29, 1.82) is 0 Å². The summed E-state index contributed by atoms with van der Waals surface area (Å²) in [7, 11) is 0. The van der Waals surface area contributed by atoms with E-state index in [4.69, 9.17) is 4.74 Å². The first kappa shape index (κ1) is 13.4. The van der Waals surface area contributed by atoms with Crippen molar-refractivity contribution in [3.05, 3.63) is 29.3 Å². The Balaban J connectivity index is 1.99. The van der Waals surface area contributed by atoms with E-state index in [-0.39, 0.29) is 6.10 Å². The van der Waals surface area contributed by atoms with Crippen LogP contribution in [0.15, 0.2) is 18.2 Å². The van der Waals surface area contributed by atoms with Crippen molar-refractivity contribution in [2.24, 2.45) is 0 Å². The Morgan fingerprint density at radius 3 is 2.61 bits per heavy atom. The van der Waals surface area contributed by atoms with E-state index >= 15 is 0 Å². The first-order valence-corrected chi connectivity index (χ1v) is 7.07. The van der Waals surface area contributed by atoms with E-state index < -0.39 is 0 Å². The van der Waals surface area contributed by atoms with Gasteiger partial charge in [-0.15, -0.1) is 0 Å². The molecular formula is C16H25NO. The normalized spacial score (nSPS) is 16.9. The second-order valence-corrected chi connectivity index (χ2v) is 5.81. The van der Waals surface area contributed by atoms with E-state index in [9.17, 15) is 0 Å². The first-order chi connectivity index (χ1) is 8.56. The molecule has 1 aliphatic rings. The minimum Gasteiger partial charge on any atom is -0.489 e. The predicted octanol–water partition coefficient (Wildman–Crippen LogP) is 3.64. The number of rotatable bonds is 6. The number of benzene rings is 1. The van der Waals surface area contributed by atoms with Crippen molar-refractivity contribution >= 4 is 0 Å². The summed E-state index contributed by atoms with van der Waals surface area (Å²) in [6.45, 7) is 9.62. The van der Waals surface area contributed by atoms with Gasteiger partial charge in [0.05, 0.1) is 0 Å². The molecule has 0 heterocycles. The van der Waals surface area contributed by atoms with Gasteiger partial charge in [-0.1, -0.05) is 26.0 Å². The predicted molar refractivity (Wildman–Crippen MR) is 76.4 cm³/mol. The minimum atomic E-state index is 0.227. The molecule has 0 bridgehead atoms. The molecule has 1 atom stereocenters. The van der Waals surface area contributed by atoms with E-state index in [2.05, 4.69) is 51.2 Å². The summed E-state index contributed by atoms with van der Waals surface area (Å²) in [6, 6.07) is 7.26. The van der Waals surface area contributed by atoms with Crippen molar-refractivity contribution in [2.75, 3.05) is 6.54 Å². The Morgan fingerprint density at radius 1 is 1.28 bits per heavy atom. The van der Waals surface area contributed by atoms with Gasteiger partial charge in [-0.2, -0.15) is 0 Å². The summed E-state index contributed by atoms with van der Waals surface area (Å²) in [6.07, 6.45) is 2.88. The molecule has 0 radical (unpaired) electrons. The van der Waals surface area contributed by atoms with Gasteiger partial charge in [0.15, 0.2) is 0 Å². The van der Waals surface area contributed by atoms with Gasteiger partial charge in [0, 0.05) is 12.6 Å². The van der Waals surface area contributed by atoms with Crippen LogP contribution < -0.4 is 10.1 Å². The molecule has 1 fully saturated rings. The fraction of sp³-hybridized carbons (Fsp3) is 0.625. The zero-order chi connectivity index (χ0) is 13.1. The highest BCUT2D eigenvalue weighted by Crippen LogP contribution is 2.28. The van der Waals surface area contributed by atoms with E-state index in [0.29, 0.717) is 5.92 Å². The average Bonchev–Trinajstić information content (AvgIpc) is 3.09. The molecule has 1 unspecified atom stereocenters. The minimum absolute atomic E-state index is 0.227. The maximum atomic E-state index is 6.10. The van der Waals surface area contributed by atoms with Crippen molar-refractivity contribution in [2.45, 2.75) is 58.6 Å². The fourth-order valence-electron chi connectivity index (χ4n) is 2.10. The zero-order valence-electron chi connectivity index (χ0n) is 12.0. The van der Waals surface area contributed by atoms with Gasteiger partial charge in [0.1, 0.15) is 11.9 Å². The summed E-state index contributed by atoms with van der Waals surface area (Å²) in [5, 5.41) is 3.51. The molecule has 1 aromatic carbocycles. The van der Waals surface area contributed by atoms with E-state index in [1.165, 1.54) is 24.0 Å². The molecule has 1 N–H and O–H groups in total. The molecule has 100 valence electrons. The highest BCUT2D eigenvalue weighted by Gasteiger charge is 2.21. The number of aryl methyl sites for hydroxylation is 1. The smallest absolute Gasteiger partial charge is 0.123 e. The topological polar surface area (TPSA) is 21.3 Å². The molecule has 1 aliphatic carbocycles. The zero-order valence-corrected chi connectivity index (χ0v) is 12.0. The second-order valence-electron chi connectivity index (χ2n) is 5.81. The van der Waals surface area contributed by atoms with Gasteiger partial charge in [-0.25, -0.2) is 0 Å². The molecule has 0 saturated heterocycles. The van der Waals surface area contributed by atoms with Crippen molar-refractivity contribution in [1.82, 2.24) is 5.32 Å². The fourth-order valence-corrected chi connectivity index (χ4v) is 2.10. The molecule has 1 saturated carbocycles. The Bertz CT molecular complexity index is 396. The molecule has 1 aromatic rings. The molecule has 0 amide bonds. The number of hydrogen-bond acceptors (Lipinski definition) is 2. The molecule has 0 aromatic heterocycles. The molecule has 0 aliphatic heterocycles. The van der Waals surface area contributed by atoms with E-state index in [1.54, 1.807) is 0 Å². The molecule has 18 heavy (non-hydrogen) atoms. The SMILES string of the molecule is Cc1ccc(C(C)C)c(OC(C)CNC2CC2)c1. The third-order valence-electron chi connectivity index (χ3n) is 3.39. The Labute approximate surface area is 111 Å². The molecule has 2 rings (SSSR count). The summed E-state index contributed by atoms with van der Waals surface area (Å²) in [4.78, 5) is 0. The van der Waals surface area contributed by atoms with Gasteiger partial charge < -0.3 is 10.1 Å². The summed E-state index contributed by atoms with van der Waals surface area (Å²) in [5.74, 6) is 1.55. The molecule has 2 heteroatoms. The van der Waals surface area contributed by atoms with Crippen LogP contribution in [0.2, 0.25) is 0 Å².